The van der Waals surface area contributed by atoms with E-state index in [4.69, 9.17) is 4.74 Å². The molecule has 3 nitrogen and oxygen atoms in total. The molecule has 0 saturated carbocycles. The molecule has 126 valence electrons. The van der Waals surface area contributed by atoms with E-state index in [9.17, 15) is 4.39 Å². The molecule has 2 aliphatic heterocycles. The third-order valence-electron chi connectivity index (χ3n) is 4.71. The molecule has 0 N–H and O–H groups in total. The molecule has 0 bridgehead atoms. The highest BCUT2D eigenvalue weighted by molar-refractivity contribution is 8.01. The standard InChI is InChI=1S/C19H21FN2OS/c20-16-6-4-15(5-7-16)10-22-13-19(14-22)9-18(12-24-19)23-11-17-3-1-2-8-21-17/h1-8,18H,9-14H2. The lowest BCUT2D eigenvalue weighted by Crippen LogP contribution is -2.58. The van der Waals surface area contributed by atoms with Crippen molar-refractivity contribution in [3.63, 3.8) is 0 Å². The topological polar surface area (TPSA) is 25.4 Å². The molecule has 1 spiro atoms. The highest BCUT2D eigenvalue weighted by atomic mass is 32.2. The Morgan fingerprint density at radius 3 is 2.79 bits per heavy atom. The van der Waals surface area contributed by atoms with Gasteiger partial charge in [0, 0.05) is 36.3 Å². The SMILES string of the molecule is Fc1ccc(CN2CC3(CC(OCc4ccccn4)CS3)C2)cc1. The summed E-state index contributed by atoms with van der Waals surface area (Å²) in [7, 11) is 0. The summed E-state index contributed by atoms with van der Waals surface area (Å²) in [6.07, 6.45) is 3.25. The van der Waals surface area contributed by atoms with Crippen molar-refractivity contribution in [2.75, 3.05) is 18.8 Å². The fourth-order valence-electron chi connectivity index (χ4n) is 3.55. The van der Waals surface area contributed by atoms with Gasteiger partial charge < -0.3 is 4.74 Å². The first-order valence-corrected chi connectivity index (χ1v) is 9.32. The number of halogens is 1. The molecule has 1 unspecified atom stereocenters. The van der Waals surface area contributed by atoms with Crippen LogP contribution in [0.3, 0.4) is 0 Å². The van der Waals surface area contributed by atoms with Gasteiger partial charge in [-0.1, -0.05) is 18.2 Å². The van der Waals surface area contributed by atoms with E-state index in [0.29, 0.717) is 17.5 Å². The van der Waals surface area contributed by atoms with Crippen molar-refractivity contribution in [2.45, 2.75) is 30.4 Å². The summed E-state index contributed by atoms with van der Waals surface area (Å²) in [6, 6.07) is 12.8. The number of aromatic nitrogens is 1. The zero-order chi connectivity index (χ0) is 16.4. The van der Waals surface area contributed by atoms with Gasteiger partial charge in [-0.3, -0.25) is 9.88 Å². The lowest BCUT2D eigenvalue weighted by atomic mass is 9.92. The van der Waals surface area contributed by atoms with Crippen LogP contribution >= 0.6 is 11.8 Å². The van der Waals surface area contributed by atoms with Gasteiger partial charge in [0.1, 0.15) is 5.82 Å². The molecule has 1 aromatic heterocycles. The first-order chi connectivity index (χ1) is 11.7. The fourth-order valence-corrected chi connectivity index (χ4v) is 5.15. The molecule has 2 fully saturated rings. The lowest BCUT2D eigenvalue weighted by Gasteiger charge is -2.47. The summed E-state index contributed by atoms with van der Waals surface area (Å²) < 4.78 is 19.4. The first-order valence-electron chi connectivity index (χ1n) is 8.33. The van der Waals surface area contributed by atoms with Crippen molar-refractivity contribution in [3.8, 4) is 0 Å². The monoisotopic (exact) mass is 344 g/mol. The molecule has 0 radical (unpaired) electrons. The van der Waals surface area contributed by atoms with Gasteiger partial charge in [0.2, 0.25) is 0 Å². The predicted octanol–water partition coefficient (Wildman–Crippen LogP) is 3.50. The van der Waals surface area contributed by atoms with Gasteiger partial charge in [0.15, 0.2) is 0 Å². The largest absolute Gasteiger partial charge is 0.371 e. The molecule has 1 aromatic carbocycles. The number of hydrogen-bond donors (Lipinski definition) is 0. The molecule has 2 aromatic rings. The Bertz CT molecular complexity index is 674. The number of benzene rings is 1. The van der Waals surface area contributed by atoms with Crippen LogP contribution in [-0.4, -0.2) is 39.6 Å². The zero-order valence-electron chi connectivity index (χ0n) is 13.5. The van der Waals surface area contributed by atoms with Crippen LogP contribution < -0.4 is 0 Å². The average Bonchev–Trinajstić information content (AvgIpc) is 3.00. The number of rotatable bonds is 5. The number of hydrogen-bond acceptors (Lipinski definition) is 4. The summed E-state index contributed by atoms with van der Waals surface area (Å²) in [5.74, 6) is 0.898. The number of likely N-dealkylation sites (tertiary alicyclic amines) is 1. The number of nitrogens with zero attached hydrogens (tertiary/aromatic N) is 2. The van der Waals surface area contributed by atoms with Crippen molar-refractivity contribution in [1.82, 2.24) is 9.88 Å². The highest BCUT2D eigenvalue weighted by Gasteiger charge is 2.49. The molecule has 24 heavy (non-hydrogen) atoms. The van der Waals surface area contributed by atoms with Crippen LogP contribution in [0.4, 0.5) is 4.39 Å². The molecule has 2 aliphatic rings. The van der Waals surface area contributed by atoms with Gasteiger partial charge in [0.05, 0.1) is 18.4 Å². The van der Waals surface area contributed by atoms with E-state index < -0.39 is 0 Å². The second-order valence-electron chi connectivity index (χ2n) is 6.72. The minimum absolute atomic E-state index is 0.168. The van der Waals surface area contributed by atoms with Gasteiger partial charge in [-0.25, -0.2) is 4.39 Å². The van der Waals surface area contributed by atoms with Crippen molar-refractivity contribution >= 4 is 11.8 Å². The molecule has 2 saturated heterocycles. The molecule has 5 heteroatoms. The van der Waals surface area contributed by atoms with Crippen LogP contribution in [0.15, 0.2) is 48.7 Å². The Kier molecular flexibility index (Phi) is 4.57. The van der Waals surface area contributed by atoms with Gasteiger partial charge in [-0.05, 0) is 36.2 Å². The summed E-state index contributed by atoms with van der Waals surface area (Å²) in [5.41, 5.74) is 2.17. The van der Waals surface area contributed by atoms with E-state index in [1.165, 1.54) is 17.7 Å². The van der Waals surface area contributed by atoms with Gasteiger partial charge >= 0.3 is 0 Å². The maximum absolute atomic E-state index is 13.0. The normalized spacial score (nSPS) is 22.6. The van der Waals surface area contributed by atoms with Crippen molar-refractivity contribution < 1.29 is 9.13 Å². The van der Waals surface area contributed by atoms with E-state index in [1.54, 1.807) is 0 Å². The predicted molar refractivity (Wildman–Crippen MR) is 94.3 cm³/mol. The fraction of sp³-hybridized carbons (Fsp3) is 0.421. The number of ether oxygens (including phenoxy) is 1. The summed E-state index contributed by atoms with van der Waals surface area (Å²) in [6.45, 7) is 3.69. The van der Waals surface area contributed by atoms with Crippen LogP contribution in [0, 0.1) is 5.82 Å². The highest BCUT2D eigenvalue weighted by Crippen LogP contribution is 2.46. The Morgan fingerprint density at radius 2 is 2.04 bits per heavy atom. The second kappa shape index (κ2) is 6.82. The Hall–Kier alpha value is -1.43. The zero-order valence-corrected chi connectivity index (χ0v) is 14.3. The molecule has 3 heterocycles. The van der Waals surface area contributed by atoms with Gasteiger partial charge in [0.25, 0.3) is 0 Å². The molecular weight excluding hydrogens is 323 g/mol. The maximum atomic E-state index is 13.0. The average molecular weight is 344 g/mol. The minimum Gasteiger partial charge on any atom is -0.371 e. The Labute approximate surface area is 146 Å². The van der Waals surface area contributed by atoms with Crippen molar-refractivity contribution in [1.29, 1.82) is 0 Å². The smallest absolute Gasteiger partial charge is 0.123 e. The molecule has 1 atom stereocenters. The van der Waals surface area contributed by atoms with Crippen LogP contribution in [-0.2, 0) is 17.9 Å². The Morgan fingerprint density at radius 1 is 1.21 bits per heavy atom. The van der Waals surface area contributed by atoms with Crippen LogP contribution in [0.1, 0.15) is 17.7 Å². The van der Waals surface area contributed by atoms with Crippen LogP contribution in [0.25, 0.3) is 0 Å². The van der Waals surface area contributed by atoms with Crippen molar-refractivity contribution in [3.05, 3.63) is 65.7 Å². The second-order valence-corrected chi connectivity index (χ2v) is 8.21. The van der Waals surface area contributed by atoms with Crippen molar-refractivity contribution in [2.24, 2.45) is 0 Å². The number of pyridine rings is 1. The summed E-state index contributed by atoms with van der Waals surface area (Å²) >= 11 is 2.04. The summed E-state index contributed by atoms with van der Waals surface area (Å²) in [5, 5.41) is 0. The first kappa shape index (κ1) is 16.1. The summed E-state index contributed by atoms with van der Waals surface area (Å²) in [4.78, 5) is 6.74. The lowest BCUT2D eigenvalue weighted by molar-refractivity contribution is 0.0251. The van der Waals surface area contributed by atoms with E-state index in [2.05, 4.69) is 9.88 Å². The maximum Gasteiger partial charge on any atom is 0.123 e. The quantitative estimate of drug-likeness (QED) is 0.829. The van der Waals surface area contributed by atoms with E-state index in [0.717, 1.165) is 37.5 Å². The van der Waals surface area contributed by atoms with Gasteiger partial charge in [-0.2, -0.15) is 0 Å². The van der Waals surface area contributed by atoms with Crippen LogP contribution in [0.5, 0.6) is 0 Å². The van der Waals surface area contributed by atoms with Crippen LogP contribution in [0.2, 0.25) is 0 Å². The van der Waals surface area contributed by atoms with Gasteiger partial charge in [-0.15, -0.1) is 11.8 Å². The molecule has 4 rings (SSSR count). The third kappa shape index (κ3) is 3.63. The molecular formula is C19H21FN2OS. The van der Waals surface area contributed by atoms with E-state index >= 15 is 0 Å². The molecule has 0 aliphatic carbocycles. The van der Waals surface area contributed by atoms with E-state index in [1.807, 2.05) is 48.3 Å². The Balaban J connectivity index is 1.23. The van der Waals surface area contributed by atoms with E-state index in [-0.39, 0.29) is 5.82 Å². The third-order valence-corrected chi connectivity index (χ3v) is 6.29. The minimum atomic E-state index is -0.168. The molecule has 0 amide bonds. The number of thioether (sulfide) groups is 1.